The zero-order chi connectivity index (χ0) is 15.6. The third-order valence-electron chi connectivity index (χ3n) is 2.67. The summed E-state index contributed by atoms with van der Waals surface area (Å²) in [7, 11) is 1.44. The van der Waals surface area contributed by atoms with Gasteiger partial charge in [-0.15, -0.1) is 0 Å². The molecule has 1 amide bonds. The Morgan fingerprint density at radius 3 is 2.67 bits per heavy atom. The summed E-state index contributed by atoms with van der Waals surface area (Å²) in [5.74, 6) is -1.03. The van der Waals surface area contributed by atoms with Crippen molar-refractivity contribution in [2.24, 2.45) is 0 Å². The van der Waals surface area contributed by atoms with Crippen molar-refractivity contribution in [3.05, 3.63) is 45.5 Å². The first-order chi connectivity index (χ1) is 9.92. The smallest absolute Gasteiger partial charge is 0.285 e. The minimum absolute atomic E-state index is 0.0258. The van der Waals surface area contributed by atoms with Crippen LogP contribution < -0.4 is 10.6 Å². The summed E-state index contributed by atoms with van der Waals surface area (Å²) in [6.45, 7) is 1.63. The Kier molecular flexibility index (Phi) is 3.83. The van der Waals surface area contributed by atoms with Crippen molar-refractivity contribution >= 4 is 23.1 Å². The van der Waals surface area contributed by atoms with Gasteiger partial charge in [0.05, 0.1) is 16.7 Å². The molecule has 0 aliphatic carbocycles. The highest BCUT2D eigenvalue weighted by molar-refractivity contribution is 6.07. The molecule has 0 aliphatic rings. The van der Waals surface area contributed by atoms with Crippen LogP contribution in [-0.2, 0) is 0 Å². The lowest BCUT2D eigenvalue weighted by molar-refractivity contribution is -0.385. The Morgan fingerprint density at radius 2 is 2.14 bits per heavy atom. The van der Waals surface area contributed by atoms with E-state index in [1.165, 1.54) is 13.1 Å². The fraction of sp³-hybridized carbons (Fsp3) is 0.167. The van der Waals surface area contributed by atoms with Crippen molar-refractivity contribution in [3.8, 4) is 0 Å². The Balaban J connectivity index is 2.40. The summed E-state index contributed by atoms with van der Waals surface area (Å²) < 4.78 is 18.3. The molecule has 1 aromatic carbocycles. The van der Waals surface area contributed by atoms with E-state index in [-0.39, 0.29) is 17.1 Å². The number of aryl methyl sites for hydroxylation is 1. The van der Waals surface area contributed by atoms with Gasteiger partial charge in [-0.1, -0.05) is 5.16 Å². The molecule has 0 aliphatic heterocycles. The summed E-state index contributed by atoms with van der Waals surface area (Å²) in [5.41, 5.74) is -0.947. The number of benzene rings is 1. The number of carbonyl (C=O) groups is 1. The highest BCUT2D eigenvalue weighted by Gasteiger charge is 2.24. The average Bonchev–Trinajstić information content (AvgIpc) is 2.83. The average molecular weight is 294 g/mol. The van der Waals surface area contributed by atoms with Crippen molar-refractivity contribution in [1.82, 2.24) is 5.16 Å². The third-order valence-corrected chi connectivity index (χ3v) is 2.67. The number of rotatable bonds is 4. The largest absolute Gasteiger partial charge is 0.386 e. The lowest BCUT2D eigenvalue weighted by Crippen LogP contribution is -2.15. The first-order valence-corrected chi connectivity index (χ1v) is 5.82. The van der Waals surface area contributed by atoms with Gasteiger partial charge in [0.25, 0.3) is 11.6 Å². The van der Waals surface area contributed by atoms with Crippen molar-refractivity contribution in [2.75, 3.05) is 17.7 Å². The molecule has 0 unspecified atom stereocenters. The second-order valence-electron chi connectivity index (χ2n) is 4.13. The fourth-order valence-corrected chi connectivity index (χ4v) is 1.70. The van der Waals surface area contributed by atoms with Crippen molar-refractivity contribution in [1.29, 1.82) is 0 Å². The lowest BCUT2D eigenvalue weighted by Gasteiger charge is -2.07. The van der Waals surface area contributed by atoms with Crippen LogP contribution in [0.4, 0.5) is 21.6 Å². The van der Waals surface area contributed by atoms with Crippen LogP contribution in [0.2, 0.25) is 0 Å². The van der Waals surface area contributed by atoms with Crippen LogP contribution in [0.5, 0.6) is 0 Å². The van der Waals surface area contributed by atoms with Crippen molar-refractivity contribution in [3.63, 3.8) is 0 Å². The van der Waals surface area contributed by atoms with E-state index in [9.17, 15) is 19.3 Å². The van der Waals surface area contributed by atoms with Crippen LogP contribution in [-0.4, -0.2) is 23.0 Å². The molecule has 0 bridgehead atoms. The topological polar surface area (TPSA) is 110 Å². The Labute approximate surface area is 118 Å². The van der Waals surface area contributed by atoms with Crippen LogP contribution >= 0.6 is 0 Å². The minimum atomic E-state index is -0.828. The molecule has 2 rings (SSSR count). The van der Waals surface area contributed by atoms with Crippen molar-refractivity contribution < 1.29 is 18.6 Å². The van der Waals surface area contributed by atoms with E-state index >= 15 is 0 Å². The third kappa shape index (κ3) is 2.96. The van der Waals surface area contributed by atoms with Gasteiger partial charge in [-0.2, -0.15) is 0 Å². The SMILES string of the molecule is CNc1cc(C(=O)Nc2cc(C)on2)c([N+](=O)[O-])cc1F. The molecule has 1 aromatic heterocycles. The number of nitro groups is 1. The van der Waals surface area contributed by atoms with E-state index in [4.69, 9.17) is 4.52 Å². The number of carbonyl (C=O) groups excluding carboxylic acids is 1. The molecule has 0 atom stereocenters. The number of aromatic nitrogens is 1. The number of nitrogens with zero attached hydrogens (tertiary/aromatic N) is 2. The summed E-state index contributed by atoms with van der Waals surface area (Å²) in [4.78, 5) is 22.2. The van der Waals surface area contributed by atoms with Gasteiger partial charge in [0, 0.05) is 13.1 Å². The molecule has 110 valence electrons. The van der Waals surface area contributed by atoms with Gasteiger partial charge in [0.2, 0.25) is 0 Å². The fourth-order valence-electron chi connectivity index (χ4n) is 1.70. The predicted octanol–water partition coefficient (Wildman–Crippen LogP) is 2.32. The molecule has 0 fully saturated rings. The first kappa shape index (κ1) is 14.4. The van der Waals surface area contributed by atoms with Gasteiger partial charge < -0.3 is 15.2 Å². The molecule has 8 nitrogen and oxygen atoms in total. The Hall–Kier alpha value is -2.97. The second-order valence-corrected chi connectivity index (χ2v) is 4.13. The van der Waals surface area contributed by atoms with Gasteiger partial charge in [0.15, 0.2) is 11.6 Å². The maximum Gasteiger partial charge on any atom is 0.285 e. The number of nitro benzene ring substituents is 1. The van der Waals surface area contributed by atoms with Crippen LogP contribution in [0.25, 0.3) is 0 Å². The molecule has 21 heavy (non-hydrogen) atoms. The molecule has 1 heterocycles. The molecule has 2 N–H and O–H groups in total. The minimum Gasteiger partial charge on any atom is -0.386 e. The van der Waals surface area contributed by atoms with E-state index in [0.717, 1.165) is 6.07 Å². The highest BCUT2D eigenvalue weighted by atomic mass is 19.1. The van der Waals surface area contributed by atoms with Gasteiger partial charge in [-0.05, 0) is 13.0 Å². The molecule has 0 radical (unpaired) electrons. The first-order valence-electron chi connectivity index (χ1n) is 5.82. The van der Waals surface area contributed by atoms with Gasteiger partial charge in [0.1, 0.15) is 11.3 Å². The van der Waals surface area contributed by atoms with Crippen LogP contribution in [0.3, 0.4) is 0 Å². The van der Waals surface area contributed by atoms with Gasteiger partial charge in [-0.25, -0.2) is 4.39 Å². The summed E-state index contributed by atoms with van der Waals surface area (Å²) in [5, 5.41) is 19.3. The predicted molar refractivity (Wildman–Crippen MR) is 71.8 cm³/mol. The van der Waals surface area contributed by atoms with Crippen LogP contribution in [0, 0.1) is 22.9 Å². The maximum absolute atomic E-state index is 13.6. The van der Waals surface area contributed by atoms with Gasteiger partial charge >= 0.3 is 0 Å². The summed E-state index contributed by atoms with van der Waals surface area (Å²) >= 11 is 0. The van der Waals surface area contributed by atoms with E-state index in [1.807, 2.05) is 0 Å². The maximum atomic E-state index is 13.6. The standard InChI is InChI=1S/C12H11FN4O4/c1-6-3-11(16-21-6)15-12(18)7-4-9(14-2)8(13)5-10(7)17(19)20/h3-5,14H,1-2H3,(H,15,16,18). The van der Waals surface area contributed by atoms with Crippen LogP contribution in [0.15, 0.2) is 22.7 Å². The highest BCUT2D eigenvalue weighted by Crippen LogP contribution is 2.26. The molecule has 0 saturated heterocycles. The Morgan fingerprint density at radius 1 is 1.43 bits per heavy atom. The zero-order valence-corrected chi connectivity index (χ0v) is 11.1. The van der Waals surface area contributed by atoms with Crippen LogP contribution in [0.1, 0.15) is 16.1 Å². The summed E-state index contributed by atoms with van der Waals surface area (Å²) in [6, 6.07) is 3.21. The lowest BCUT2D eigenvalue weighted by atomic mass is 10.1. The summed E-state index contributed by atoms with van der Waals surface area (Å²) in [6.07, 6.45) is 0. The van der Waals surface area contributed by atoms with E-state index in [2.05, 4.69) is 15.8 Å². The molecule has 9 heteroatoms. The Bertz CT molecular complexity index is 713. The van der Waals surface area contributed by atoms with Gasteiger partial charge in [-0.3, -0.25) is 14.9 Å². The number of hydrogen-bond acceptors (Lipinski definition) is 6. The van der Waals surface area contributed by atoms with E-state index in [0.29, 0.717) is 11.8 Å². The molecule has 0 spiro atoms. The normalized spacial score (nSPS) is 10.2. The molecular formula is C12H11FN4O4. The number of halogens is 1. The van der Waals surface area contributed by atoms with E-state index in [1.54, 1.807) is 6.92 Å². The molecule has 2 aromatic rings. The molecular weight excluding hydrogens is 283 g/mol. The van der Waals surface area contributed by atoms with E-state index < -0.39 is 22.3 Å². The second kappa shape index (κ2) is 5.57. The monoisotopic (exact) mass is 294 g/mol. The van der Waals surface area contributed by atoms with Crippen molar-refractivity contribution in [2.45, 2.75) is 6.92 Å². The number of hydrogen-bond donors (Lipinski definition) is 2. The number of nitrogens with one attached hydrogen (secondary N) is 2. The number of amides is 1. The quantitative estimate of drug-likeness (QED) is 0.661. The number of anilines is 2. The zero-order valence-electron chi connectivity index (χ0n) is 11.1. The molecule has 0 saturated carbocycles.